The second-order valence-corrected chi connectivity index (χ2v) is 6.00. The number of nitrogens with one attached hydrogen (secondary N) is 1. The van der Waals surface area contributed by atoms with Crippen LogP contribution < -0.4 is 5.32 Å². The minimum atomic E-state index is 0.0302. The maximum atomic E-state index is 11.4. The topological polar surface area (TPSA) is 41.5 Å². The second-order valence-electron chi connectivity index (χ2n) is 6.00. The molecule has 0 fully saturated rings. The minimum Gasteiger partial charge on any atom is -0.307 e. The smallest absolute Gasteiger partial charge is 0.221 e. The van der Waals surface area contributed by atoms with E-state index in [0.29, 0.717) is 0 Å². The highest BCUT2D eigenvalue weighted by atomic mass is 16.1. The monoisotopic (exact) mass is 294 g/mol. The standard InChI is InChI=1S/C17H31N3O/c1-5-7-8-9-10-11-12-17-18-13-14-20(17,6-2)15(3)19-16(4)21/h11-13,15,17H,5-10,14H2,1-4H3/p+1/b12-11+. The zero-order valence-corrected chi connectivity index (χ0v) is 14.1. The van der Waals surface area contributed by atoms with Gasteiger partial charge in [0, 0.05) is 13.8 Å². The number of hydrogen-bond acceptors (Lipinski definition) is 2. The maximum absolute atomic E-state index is 11.4. The number of hydrogen-bond donors (Lipinski definition) is 1. The van der Waals surface area contributed by atoms with Crippen molar-refractivity contribution in [2.45, 2.75) is 72.1 Å². The molecule has 21 heavy (non-hydrogen) atoms. The Bertz CT molecular complexity index is 378. The van der Waals surface area contributed by atoms with E-state index in [4.69, 9.17) is 0 Å². The van der Waals surface area contributed by atoms with Crippen LogP contribution in [0.1, 0.15) is 59.8 Å². The molecule has 0 saturated carbocycles. The number of amides is 1. The Kier molecular flexibility index (Phi) is 7.65. The molecule has 1 rings (SSSR count). The highest BCUT2D eigenvalue weighted by Crippen LogP contribution is 2.24. The van der Waals surface area contributed by atoms with Gasteiger partial charge < -0.3 is 5.32 Å². The SMILES string of the molecule is CCCCCC/C=C/C1N=CC[N+]1(CC)C(C)NC(C)=O. The van der Waals surface area contributed by atoms with E-state index < -0.39 is 0 Å². The number of carbonyl (C=O) groups excluding carboxylic acids is 1. The van der Waals surface area contributed by atoms with Gasteiger partial charge in [-0.05, 0) is 25.8 Å². The molecule has 0 aromatic carbocycles. The molecule has 0 radical (unpaired) electrons. The highest BCUT2D eigenvalue weighted by molar-refractivity contribution is 5.73. The van der Waals surface area contributed by atoms with E-state index in [0.717, 1.165) is 24.0 Å². The summed E-state index contributed by atoms with van der Waals surface area (Å²) >= 11 is 0. The van der Waals surface area contributed by atoms with Crippen LogP contribution in [0.15, 0.2) is 17.1 Å². The Balaban J connectivity index is 2.59. The van der Waals surface area contributed by atoms with Crippen molar-refractivity contribution in [3.05, 3.63) is 12.2 Å². The fraction of sp³-hybridized carbons (Fsp3) is 0.765. The fourth-order valence-electron chi connectivity index (χ4n) is 3.08. The summed E-state index contributed by atoms with van der Waals surface area (Å²) in [6, 6.07) is 0. The quantitative estimate of drug-likeness (QED) is 0.396. The Hall–Kier alpha value is -1.16. The molecule has 0 spiro atoms. The van der Waals surface area contributed by atoms with Crippen molar-refractivity contribution in [1.82, 2.24) is 5.32 Å². The third kappa shape index (κ3) is 4.95. The van der Waals surface area contributed by atoms with E-state index in [1.165, 1.54) is 25.7 Å². The molecule has 0 saturated heterocycles. The van der Waals surface area contributed by atoms with Crippen molar-refractivity contribution < 1.29 is 9.28 Å². The number of allylic oxidation sites excluding steroid dienone is 1. The number of nitrogens with zero attached hydrogens (tertiary/aromatic N) is 2. The van der Waals surface area contributed by atoms with E-state index in [-0.39, 0.29) is 18.2 Å². The molecule has 0 aliphatic carbocycles. The predicted octanol–water partition coefficient (Wildman–Crippen LogP) is 3.24. The Labute approximate surface area is 129 Å². The molecule has 0 bridgehead atoms. The van der Waals surface area contributed by atoms with Gasteiger partial charge >= 0.3 is 0 Å². The first-order valence-corrected chi connectivity index (χ1v) is 8.38. The number of carbonyl (C=O) groups is 1. The summed E-state index contributed by atoms with van der Waals surface area (Å²) in [4.78, 5) is 16.0. The molecule has 1 heterocycles. The molecule has 4 heteroatoms. The molecule has 3 atom stereocenters. The van der Waals surface area contributed by atoms with Crippen molar-refractivity contribution in [3.8, 4) is 0 Å². The molecule has 0 aromatic heterocycles. The van der Waals surface area contributed by atoms with E-state index >= 15 is 0 Å². The number of rotatable bonds is 9. The van der Waals surface area contributed by atoms with Crippen LogP contribution in [0.25, 0.3) is 0 Å². The molecule has 1 aliphatic rings. The Morgan fingerprint density at radius 2 is 2.19 bits per heavy atom. The largest absolute Gasteiger partial charge is 0.307 e. The average Bonchev–Trinajstić information content (AvgIpc) is 2.86. The molecule has 3 unspecified atom stereocenters. The Morgan fingerprint density at radius 1 is 1.43 bits per heavy atom. The van der Waals surface area contributed by atoms with Gasteiger partial charge in [0.05, 0.1) is 12.8 Å². The van der Waals surface area contributed by atoms with E-state index in [1.54, 1.807) is 6.92 Å². The normalized spacial score (nSPS) is 26.4. The average molecular weight is 294 g/mol. The van der Waals surface area contributed by atoms with E-state index in [1.807, 2.05) is 6.21 Å². The third-order valence-corrected chi connectivity index (χ3v) is 4.51. The summed E-state index contributed by atoms with van der Waals surface area (Å²) in [5, 5.41) is 3.04. The third-order valence-electron chi connectivity index (χ3n) is 4.51. The van der Waals surface area contributed by atoms with Gasteiger partial charge in [-0.3, -0.25) is 9.28 Å². The van der Waals surface area contributed by atoms with Gasteiger partial charge in [-0.25, -0.2) is 4.99 Å². The molecule has 120 valence electrons. The van der Waals surface area contributed by atoms with Crippen LogP contribution in [-0.4, -0.2) is 42.0 Å². The van der Waals surface area contributed by atoms with Gasteiger partial charge in [-0.15, -0.1) is 0 Å². The lowest BCUT2D eigenvalue weighted by Gasteiger charge is -2.41. The van der Waals surface area contributed by atoms with Crippen LogP contribution >= 0.6 is 0 Å². The zero-order chi connectivity index (χ0) is 15.7. The Morgan fingerprint density at radius 3 is 2.81 bits per heavy atom. The first kappa shape index (κ1) is 17.9. The lowest BCUT2D eigenvalue weighted by molar-refractivity contribution is -0.953. The summed E-state index contributed by atoms with van der Waals surface area (Å²) in [7, 11) is 0. The molecular formula is C17H32N3O+. The summed E-state index contributed by atoms with van der Waals surface area (Å²) in [5.74, 6) is 0.0302. The summed E-state index contributed by atoms with van der Waals surface area (Å²) in [6.07, 6.45) is 13.0. The summed E-state index contributed by atoms with van der Waals surface area (Å²) in [5.41, 5.74) is 0. The van der Waals surface area contributed by atoms with Crippen molar-refractivity contribution >= 4 is 12.1 Å². The number of aliphatic imine (C=N–C) groups is 1. The summed E-state index contributed by atoms with van der Waals surface area (Å²) in [6.45, 7) is 9.93. The van der Waals surface area contributed by atoms with Gasteiger partial charge in [-0.1, -0.05) is 32.3 Å². The molecule has 0 aromatic rings. The van der Waals surface area contributed by atoms with Crippen molar-refractivity contribution in [3.63, 3.8) is 0 Å². The minimum absolute atomic E-state index is 0.0302. The predicted molar refractivity (Wildman–Crippen MR) is 89.1 cm³/mol. The lowest BCUT2D eigenvalue weighted by atomic mass is 10.1. The molecule has 1 N–H and O–H groups in total. The van der Waals surface area contributed by atoms with Crippen molar-refractivity contribution in [2.75, 3.05) is 13.1 Å². The molecule has 1 amide bonds. The van der Waals surface area contributed by atoms with Crippen LogP contribution in [0.2, 0.25) is 0 Å². The fourth-order valence-corrected chi connectivity index (χ4v) is 3.08. The summed E-state index contributed by atoms with van der Waals surface area (Å²) < 4.78 is 0.797. The first-order chi connectivity index (χ1) is 10.1. The van der Waals surface area contributed by atoms with Gasteiger partial charge in [0.15, 0.2) is 6.17 Å². The van der Waals surface area contributed by atoms with Gasteiger partial charge in [0.25, 0.3) is 0 Å². The maximum Gasteiger partial charge on any atom is 0.221 e. The van der Waals surface area contributed by atoms with E-state index in [2.05, 4.69) is 43.2 Å². The molecule has 1 aliphatic heterocycles. The highest BCUT2D eigenvalue weighted by Gasteiger charge is 2.41. The number of quaternary nitrogens is 1. The first-order valence-electron chi connectivity index (χ1n) is 8.38. The van der Waals surface area contributed by atoms with Gasteiger partial charge in [-0.2, -0.15) is 0 Å². The number of likely N-dealkylation sites (N-methyl/N-ethyl adjacent to an activating group) is 1. The van der Waals surface area contributed by atoms with Crippen LogP contribution in [0.4, 0.5) is 0 Å². The van der Waals surface area contributed by atoms with Gasteiger partial charge in [0.2, 0.25) is 12.1 Å². The zero-order valence-electron chi connectivity index (χ0n) is 14.1. The van der Waals surface area contributed by atoms with Crippen LogP contribution in [-0.2, 0) is 4.79 Å². The van der Waals surface area contributed by atoms with Crippen LogP contribution in [0.3, 0.4) is 0 Å². The van der Waals surface area contributed by atoms with Crippen LogP contribution in [0.5, 0.6) is 0 Å². The molecular weight excluding hydrogens is 262 g/mol. The molecule has 4 nitrogen and oxygen atoms in total. The van der Waals surface area contributed by atoms with Gasteiger partial charge in [0.1, 0.15) is 6.54 Å². The van der Waals surface area contributed by atoms with Crippen LogP contribution in [0, 0.1) is 0 Å². The lowest BCUT2D eigenvalue weighted by Crippen LogP contribution is -2.63. The second kappa shape index (κ2) is 8.98. The van der Waals surface area contributed by atoms with E-state index in [9.17, 15) is 4.79 Å². The van der Waals surface area contributed by atoms with Crippen molar-refractivity contribution in [1.29, 1.82) is 0 Å². The van der Waals surface area contributed by atoms with Crippen molar-refractivity contribution in [2.24, 2.45) is 4.99 Å². The number of unbranched alkanes of at least 4 members (excludes halogenated alkanes) is 4.